The van der Waals surface area contributed by atoms with Gasteiger partial charge >= 0.3 is 0 Å². The van der Waals surface area contributed by atoms with Crippen LogP contribution in [-0.2, 0) is 4.74 Å². The number of rotatable bonds is 3. The van der Waals surface area contributed by atoms with Gasteiger partial charge in [0.25, 0.3) is 5.91 Å². The van der Waals surface area contributed by atoms with Crippen molar-refractivity contribution in [2.24, 2.45) is 0 Å². The Morgan fingerprint density at radius 3 is 3.00 bits per heavy atom. The molecule has 2 aliphatic heterocycles. The fourth-order valence-corrected chi connectivity index (χ4v) is 4.55. The fraction of sp³-hybridized carbons (Fsp3) is 0.500. The molecule has 2 aliphatic rings. The van der Waals surface area contributed by atoms with Crippen LogP contribution in [0.4, 0.5) is 5.95 Å². The zero-order chi connectivity index (χ0) is 17.3. The second kappa shape index (κ2) is 6.72. The first-order valence-corrected chi connectivity index (χ1v) is 9.48. The number of amides is 1. The molecule has 0 aliphatic carbocycles. The number of likely N-dealkylation sites (tertiary alicyclic amines) is 1. The van der Waals surface area contributed by atoms with Gasteiger partial charge in [0.1, 0.15) is 0 Å². The SMILES string of the molecule is Cc1ccc(C(=O)N2CC[C@]3(C[C@H](Nc4ncccn4)CCO3)C2)s1. The molecule has 2 saturated heterocycles. The summed E-state index contributed by atoms with van der Waals surface area (Å²) in [6, 6.07) is 6.01. The molecule has 1 N–H and O–H groups in total. The third-order valence-corrected chi connectivity index (χ3v) is 5.94. The number of carbonyl (C=O) groups is 1. The smallest absolute Gasteiger partial charge is 0.264 e. The maximum absolute atomic E-state index is 12.7. The lowest BCUT2D eigenvalue weighted by molar-refractivity contribution is -0.0721. The van der Waals surface area contributed by atoms with Gasteiger partial charge in [0.15, 0.2) is 0 Å². The Hall–Kier alpha value is -1.99. The number of hydrogen-bond donors (Lipinski definition) is 1. The third kappa shape index (κ3) is 3.52. The Balaban J connectivity index is 1.41. The van der Waals surface area contributed by atoms with Crippen LogP contribution in [0.2, 0.25) is 0 Å². The number of carbonyl (C=O) groups excluding carboxylic acids is 1. The molecule has 2 aromatic heterocycles. The maximum atomic E-state index is 12.7. The second-order valence-electron chi connectivity index (χ2n) is 6.82. The van der Waals surface area contributed by atoms with Crippen molar-refractivity contribution in [3.63, 3.8) is 0 Å². The number of thiophene rings is 1. The number of nitrogens with zero attached hydrogens (tertiary/aromatic N) is 3. The molecule has 2 fully saturated rings. The van der Waals surface area contributed by atoms with E-state index in [-0.39, 0.29) is 17.6 Å². The largest absolute Gasteiger partial charge is 0.373 e. The van der Waals surface area contributed by atoms with Crippen LogP contribution in [-0.4, -0.2) is 52.1 Å². The van der Waals surface area contributed by atoms with Gasteiger partial charge in [-0.05, 0) is 44.4 Å². The molecule has 7 heteroatoms. The number of ether oxygens (including phenoxy) is 1. The Kier molecular flexibility index (Phi) is 4.43. The Morgan fingerprint density at radius 1 is 1.40 bits per heavy atom. The predicted molar refractivity (Wildman–Crippen MR) is 96.9 cm³/mol. The first kappa shape index (κ1) is 16.5. The number of hydrogen-bond acceptors (Lipinski definition) is 6. The quantitative estimate of drug-likeness (QED) is 0.914. The van der Waals surface area contributed by atoms with E-state index in [2.05, 4.69) is 15.3 Å². The molecule has 1 spiro atoms. The molecule has 0 unspecified atom stereocenters. The van der Waals surface area contributed by atoms with Crippen molar-refractivity contribution in [3.05, 3.63) is 40.3 Å². The van der Waals surface area contributed by atoms with E-state index in [9.17, 15) is 4.79 Å². The van der Waals surface area contributed by atoms with Gasteiger partial charge < -0.3 is 15.0 Å². The molecular weight excluding hydrogens is 336 g/mol. The third-order valence-electron chi connectivity index (χ3n) is 4.95. The summed E-state index contributed by atoms with van der Waals surface area (Å²) in [7, 11) is 0. The molecule has 2 atom stereocenters. The monoisotopic (exact) mass is 358 g/mol. The molecule has 2 aromatic rings. The summed E-state index contributed by atoms with van der Waals surface area (Å²) in [5.41, 5.74) is -0.243. The van der Waals surface area contributed by atoms with Gasteiger partial charge in [-0.25, -0.2) is 9.97 Å². The molecule has 132 valence electrons. The van der Waals surface area contributed by atoms with Crippen molar-refractivity contribution in [1.29, 1.82) is 0 Å². The molecule has 0 saturated carbocycles. The second-order valence-corrected chi connectivity index (χ2v) is 8.11. The van der Waals surface area contributed by atoms with Crippen molar-refractivity contribution >= 4 is 23.2 Å². The molecule has 0 aromatic carbocycles. The van der Waals surface area contributed by atoms with Gasteiger partial charge in [-0.15, -0.1) is 11.3 Å². The van der Waals surface area contributed by atoms with Gasteiger partial charge in [-0.2, -0.15) is 0 Å². The summed E-state index contributed by atoms with van der Waals surface area (Å²) < 4.78 is 6.14. The van der Waals surface area contributed by atoms with Crippen LogP contribution >= 0.6 is 11.3 Å². The number of nitrogens with one attached hydrogen (secondary N) is 1. The van der Waals surface area contributed by atoms with Crippen LogP contribution in [0.1, 0.15) is 33.8 Å². The van der Waals surface area contributed by atoms with Gasteiger partial charge in [0, 0.05) is 36.5 Å². The van der Waals surface area contributed by atoms with Gasteiger partial charge in [-0.3, -0.25) is 4.79 Å². The summed E-state index contributed by atoms with van der Waals surface area (Å²) >= 11 is 1.56. The lowest BCUT2D eigenvalue weighted by Crippen LogP contribution is -2.47. The number of anilines is 1. The summed E-state index contributed by atoms with van der Waals surface area (Å²) in [6.07, 6.45) is 6.17. The van der Waals surface area contributed by atoms with Crippen LogP contribution in [0.5, 0.6) is 0 Å². The molecular formula is C18H22N4O2S. The molecule has 0 radical (unpaired) electrons. The van der Waals surface area contributed by atoms with Crippen molar-refractivity contribution in [2.45, 2.75) is 37.8 Å². The zero-order valence-corrected chi connectivity index (χ0v) is 15.1. The molecule has 4 heterocycles. The highest BCUT2D eigenvalue weighted by Gasteiger charge is 2.45. The van der Waals surface area contributed by atoms with Crippen molar-refractivity contribution in [1.82, 2.24) is 14.9 Å². The summed E-state index contributed by atoms with van der Waals surface area (Å²) in [5.74, 6) is 0.782. The van der Waals surface area contributed by atoms with E-state index in [0.717, 1.165) is 30.7 Å². The van der Waals surface area contributed by atoms with Crippen molar-refractivity contribution < 1.29 is 9.53 Å². The highest BCUT2D eigenvalue weighted by atomic mass is 32.1. The lowest BCUT2D eigenvalue weighted by atomic mass is 9.89. The zero-order valence-electron chi connectivity index (χ0n) is 14.3. The standard InChI is InChI=1S/C18H22N4O2S/c1-13-3-4-15(25-13)16(23)22-9-6-18(12-22)11-14(5-10-24-18)21-17-19-7-2-8-20-17/h2-4,7-8,14H,5-6,9-12H2,1H3,(H,19,20,21)/t14-,18+/m1/s1. The number of aromatic nitrogens is 2. The summed E-state index contributed by atoms with van der Waals surface area (Å²) in [5, 5.41) is 3.41. The minimum Gasteiger partial charge on any atom is -0.373 e. The van der Waals surface area contributed by atoms with E-state index in [1.54, 1.807) is 23.7 Å². The molecule has 0 bridgehead atoms. The fourth-order valence-electron chi connectivity index (χ4n) is 3.71. The van der Waals surface area contributed by atoms with Gasteiger partial charge in [0.05, 0.1) is 17.0 Å². The summed E-state index contributed by atoms with van der Waals surface area (Å²) in [4.78, 5) is 25.1. The minimum atomic E-state index is -0.243. The molecule has 4 rings (SSSR count). The first-order chi connectivity index (χ1) is 12.1. The van der Waals surface area contributed by atoms with Crippen molar-refractivity contribution in [3.8, 4) is 0 Å². The molecule has 25 heavy (non-hydrogen) atoms. The minimum absolute atomic E-state index is 0.125. The van der Waals surface area contributed by atoms with Gasteiger partial charge in [-0.1, -0.05) is 0 Å². The normalized spacial score (nSPS) is 26.1. The van der Waals surface area contributed by atoms with Crippen LogP contribution in [0.15, 0.2) is 30.6 Å². The highest BCUT2D eigenvalue weighted by Crippen LogP contribution is 2.36. The number of aryl methyl sites for hydroxylation is 1. The van der Waals surface area contributed by atoms with E-state index in [1.807, 2.05) is 30.0 Å². The van der Waals surface area contributed by atoms with Crippen LogP contribution in [0.3, 0.4) is 0 Å². The van der Waals surface area contributed by atoms with E-state index >= 15 is 0 Å². The van der Waals surface area contributed by atoms with E-state index in [1.165, 1.54) is 4.88 Å². The first-order valence-electron chi connectivity index (χ1n) is 8.67. The van der Waals surface area contributed by atoms with Crippen LogP contribution in [0, 0.1) is 6.92 Å². The van der Waals surface area contributed by atoms with Crippen LogP contribution in [0.25, 0.3) is 0 Å². The highest BCUT2D eigenvalue weighted by molar-refractivity contribution is 7.13. The van der Waals surface area contributed by atoms with Crippen molar-refractivity contribution in [2.75, 3.05) is 25.0 Å². The van der Waals surface area contributed by atoms with E-state index in [4.69, 9.17) is 4.74 Å². The summed E-state index contributed by atoms with van der Waals surface area (Å²) in [6.45, 7) is 4.14. The van der Waals surface area contributed by atoms with Gasteiger partial charge in [0.2, 0.25) is 5.95 Å². The van der Waals surface area contributed by atoms with E-state index < -0.39 is 0 Å². The molecule has 6 nitrogen and oxygen atoms in total. The Labute approximate surface area is 151 Å². The predicted octanol–water partition coefficient (Wildman–Crippen LogP) is 2.72. The average Bonchev–Trinajstić information content (AvgIpc) is 3.22. The topological polar surface area (TPSA) is 67.4 Å². The van der Waals surface area contributed by atoms with E-state index in [0.29, 0.717) is 19.1 Å². The molecule has 1 amide bonds. The lowest BCUT2D eigenvalue weighted by Gasteiger charge is -2.38. The maximum Gasteiger partial charge on any atom is 0.264 e. The van der Waals surface area contributed by atoms with Crippen LogP contribution < -0.4 is 5.32 Å². The average molecular weight is 358 g/mol. The Morgan fingerprint density at radius 2 is 2.24 bits per heavy atom. The Bertz CT molecular complexity index is 751.